The maximum absolute atomic E-state index is 13.1. The van der Waals surface area contributed by atoms with Gasteiger partial charge in [0.2, 0.25) is 0 Å². The number of carbonyl (C=O) groups excluding carboxylic acids is 2. The minimum absolute atomic E-state index is 0.0614. The van der Waals surface area contributed by atoms with Crippen LogP contribution in [0.2, 0.25) is 5.02 Å². The molecule has 32 heavy (non-hydrogen) atoms. The number of carbonyl (C=O) groups is 2. The Bertz CT molecular complexity index is 1010. The maximum atomic E-state index is 13.1. The van der Waals surface area contributed by atoms with Crippen LogP contribution < -0.4 is 4.74 Å². The van der Waals surface area contributed by atoms with Crippen LogP contribution in [0.25, 0.3) is 5.76 Å². The zero-order valence-corrected chi connectivity index (χ0v) is 19.6. The van der Waals surface area contributed by atoms with Crippen molar-refractivity contribution in [1.29, 1.82) is 0 Å². The third-order valence-corrected chi connectivity index (χ3v) is 6.08. The van der Waals surface area contributed by atoms with Crippen molar-refractivity contribution in [2.45, 2.75) is 52.5 Å². The number of aliphatic hydroxyl groups excluding tert-OH is 1. The minimum atomic E-state index is -0.693. The van der Waals surface area contributed by atoms with E-state index in [2.05, 4.69) is 13.8 Å². The van der Waals surface area contributed by atoms with Gasteiger partial charge in [-0.3, -0.25) is 9.59 Å². The molecule has 0 radical (unpaired) electrons. The van der Waals surface area contributed by atoms with E-state index in [-0.39, 0.29) is 21.9 Å². The SMILES string of the molecule is CCCCCN1C(=O)C(=O)/C(=C(/O)c2cc(OCC)ccc2Cl)C1c1ccc(CC)cc1. The van der Waals surface area contributed by atoms with E-state index in [0.29, 0.717) is 18.9 Å². The van der Waals surface area contributed by atoms with Gasteiger partial charge in [-0.15, -0.1) is 0 Å². The van der Waals surface area contributed by atoms with Crippen molar-refractivity contribution in [2.75, 3.05) is 13.2 Å². The molecule has 1 aliphatic heterocycles. The monoisotopic (exact) mass is 455 g/mol. The van der Waals surface area contributed by atoms with Gasteiger partial charge in [0, 0.05) is 12.1 Å². The van der Waals surface area contributed by atoms with Crippen molar-refractivity contribution in [1.82, 2.24) is 4.90 Å². The van der Waals surface area contributed by atoms with Gasteiger partial charge in [0.15, 0.2) is 0 Å². The van der Waals surface area contributed by atoms with E-state index in [1.54, 1.807) is 23.1 Å². The molecule has 1 N–H and O–H groups in total. The number of halogens is 1. The molecule has 0 bridgehead atoms. The molecule has 0 aliphatic carbocycles. The highest BCUT2D eigenvalue weighted by molar-refractivity contribution is 6.47. The van der Waals surface area contributed by atoms with E-state index in [0.717, 1.165) is 36.8 Å². The molecule has 1 atom stereocenters. The summed E-state index contributed by atoms with van der Waals surface area (Å²) >= 11 is 6.37. The quantitative estimate of drug-likeness (QED) is 0.221. The van der Waals surface area contributed by atoms with Gasteiger partial charge in [0.25, 0.3) is 11.7 Å². The molecule has 5 nitrogen and oxygen atoms in total. The summed E-state index contributed by atoms with van der Waals surface area (Å²) in [4.78, 5) is 27.7. The average molecular weight is 456 g/mol. The fraction of sp³-hybridized carbons (Fsp3) is 0.385. The first-order chi connectivity index (χ1) is 15.4. The molecule has 2 aromatic carbocycles. The Balaban J connectivity index is 2.14. The van der Waals surface area contributed by atoms with Crippen LogP contribution in [0.4, 0.5) is 0 Å². The first kappa shape index (κ1) is 23.9. The van der Waals surface area contributed by atoms with Crippen LogP contribution in [0, 0.1) is 0 Å². The summed E-state index contributed by atoms with van der Waals surface area (Å²) in [5.74, 6) is -1.04. The van der Waals surface area contributed by atoms with E-state index < -0.39 is 17.7 Å². The smallest absolute Gasteiger partial charge is 0.295 e. The van der Waals surface area contributed by atoms with Crippen LogP contribution in [0.15, 0.2) is 48.0 Å². The van der Waals surface area contributed by atoms with Gasteiger partial charge >= 0.3 is 0 Å². The second-order valence-corrected chi connectivity index (χ2v) is 8.28. The van der Waals surface area contributed by atoms with Crippen molar-refractivity contribution in [3.05, 3.63) is 69.8 Å². The molecule has 0 aromatic heterocycles. The zero-order chi connectivity index (χ0) is 23.3. The molecular weight excluding hydrogens is 426 g/mol. The van der Waals surface area contributed by atoms with Crippen LogP contribution in [-0.4, -0.2) is 34.8 Å². The summed E-state index contributed by atoms with van der Waals surface area (Å²) < 4.78 is 5.53. The van der Waals surface area contributed by atoms with E-state index in [4.69, 9.17) is 16.3 Å². The average Bonchev–Trinajstić information content (AvgIpc) is 3.05. The number of ether oxygens (including phenoxy) is 1. The fourth-order valence-corrected chi connectivity index (χ4v) is 4.22. The third kappa shape index (κ3) is 4.83. The van der Waals surface area contributed by atoms with Crippen molar-refractivity contribution in [3.8, 4) is 5.75 Å². The Hall–Kier alpha value is -2.79. The number of ketones is 1. The summed E-state index contributed by atoms with van der Waals surface area (Å²) in [6.45, 7) is 6.91. The van der Waals surface area contributed by atoms with Crippen LogP contribution in [0.3, 0.4) is 0 Å². The number of nitrogens with zero attached hydrogens (tertiary/aromatic N) is 1. The number of benzene rings is 2. The Morgan fingerprint density at radius 2 is 1.78 bits per heavy atom. The summed E-state index contributed by atoms with van der Waals surface area (Å²) in [6, 6.07) is 12.1. The molecule has 1 unspecified atom stereocenters. The summed E-state index contributed by atoms with van der Waals surface area (Å²) in [5, 5.41) is 11.5. The number of rotatable bonds is 9. The number of Topliss-reactive ketones (excluding diaryl/α,β-unsaturated/α-hetero) is 1. The van der Waals surface area contributed by atoms with Crippen molar-refractivity contribution < 1.29 is 19.4 Å². The predicted molar refractivity (Wildman–Crippen MR) is 127 cm³/mol. The Morgan fingerprint density at radius 1 is 1.06 bits per heavy atom. The maximum Gasteiger partial charge on any atom is 0.295 e. The molecule has 1 fully saturated rings. The Morgan fingerprint density at radius 3 is 2.41 bits per heavy atom. The summed E-state index contributed by atoms with van der Waals surface area (Å²) in [6.07, 6.45) is 3.62. The first-order valence-electron chi connectivity index (χ1n) is 11.2. The molecule has 0 spiro atoms. The van der Waals surface area contributed by atoms with E-state index >= 15 is 0 Å². The highest BCUT2D eigenvalue weighted by Gasteiger charge is 2.45. The van der Waals surface area contributed by atoms with Crippen LogP contribution in [0.5, 0.6) is 5.75 Å². The van der Waals surface area contributed by atoms with Gasteiger partial charge in [0.1, 0.15) is 11.5 Å². The zero-order valence-electron chi connectivity index (χ0n) is 18.9. The van der Waals surface area contributed by atoms with Crippen LogP contribution in [0.1, 0.15) is 62.8 Å². The predicted octanol–water partition coefficient (Wildman–Crippen LogP) is 5.91. The number of aryl methyl sites for hydroxylation is 1. The van der Waals surface area contributed by atoms with Crippen LogP contribution in [-0.2, 0) is 16.0 Å². The second-order valence-electron chi connectivity index (χ2n) is 7.87. The normalized spacial score (nSPS) is 17.8. The van der Waals surface area contributed by atoms with Gasteiger partial charge in [-0.1, -0.05) is 62.6 Å². The van der Waals surface area contributed by atoms with Gasteiger partial charge in [-0.05, 0) is 49.1 Å². The molecule has 1 amide bonds. The lowest BCUT2D eigenvalue weighted by molar-refractivity contribution is -0.139. The first-order valence-corrected chi connectivity index (χ1v) is 11.6. The van der Waals surface area contributed by atoms with E-state index in [9.17, 15) is 14.7 Å². The fourth-order valence-electron chi connectivity index (χ4n) is 4.01. The lowest BCUT2D eigenvalue weighted by Crippen LogP contribution is -2.30. The largest absolute Gasteiger partial charge is 0.507 e. The number of unbranched alkanes of at least 4 members (excludes halogenated alkanes) is 2. The topological polar surface area (TPSA) is 66.8 Å². The molecule has 1 heterocycles. The van der Waals surface area contributed by atoms with E-state index in [1.807, 2.05) is 31.2 Å². The standard InChI is InChI=1S/C26H30ClNO4/c1-4-7-8-15-28-23(18-11-9-17(5-2)10-12-18)22(25(30)26(28)31)24(29)20-16-19(32-6-3)13-14-21(20)27/h9-14,16,23,29H,4-8,15H2,1-3H3/b24-22+. The molecule has 6 heteroatoms. The Kier molecular flexibility index (Phi) is 7.97. The summed E-state index contributed by atoms with van der Waals surface area (Å²) in [7, 11) is 0. The second kappa shape index (κ2) is 10.7. The lowest BCUT2D eigenvalue weighted by atomic mass is 9.94. The molecule has 170 valence electrons. The molecule has 3 rings (SSSR count). The number of amides is 1. The van der Waals surface area contributed by atoms with Crippen molar-refractivity contribution in [2.24, 2.45) is 0 Å². The van der Waals surface area contributed by atoms with Gasteiger partial charge in [0.05, 0.1) is 23.2 Å². The van der Waals surface area contributed by atoms with Crippen molar-refractivity contribution >= 4 is 29.1 Å². The van der Waals surface area contributed by atoms with Gasteiger partial charge in [-0.2, -0.15) is 0 Å². The minimum Gasteiger partial charge on any atom is -0.507 e. The number of hydrogen-bond acceptors (Lipinski definition) is 4. The molecule has 0 saturated carbocycles. The lowest BCUT2D eigenvalue weighted by Gasteiger charge is -2.25. The Labute approximate surface area is 194 Å². The van der Waals surface area contributed by atoms with Crippen LogP contribution >= 0.6 is 11.6 Å². The summed E-state index contributed by atoms with van der Waals surface area (Å²) in [5.41, 5.74) is 2.28. The molecule has 1 saturated heterocycles. The highest BCUT2D eigenvalue weighted by Crippen LogP contribution is 2.41. The van der Waals surface area contributed by atoms with Gasteiger partial charge in [-0.25, -0.2) is 0 Å². The number of hydrogen-bond donors (Lipinski definition) is 1. The molecule has 1 aliphatic rings. The van der Waals surface area contributed by atoms with Crippen molar-refractivity contribution in [3.63, 3.8) is 0 Å². The highest BCUT2D eigenvalue weighted by atomic mass is 35.5. The molecular formula is C26H30ClNO4. The van der Waals surface area contributed by atoms with E-state index in [1.165, 1.54) is 0 Å². The number of aliphatic hydroxyl groups is 1. The number of likely N-dealkylation sites (tertiary alicyclic amines) is 1. The molecule has 2 aromatic rings. The van der Waals surface area contributed by atoms with Gasteiger partial charge < -0.3 is 14.7 Å². The third-order valence-electron chi connectivity index (χ3n) is 5.75.